The Balaban J connectivity index is 1.98. The van der Waals surface area contributed by atoms with Gasteiger partial charge in [-0.2, -0.15) is 13.2 Å². The number of benzene rings is 2. The summed E-state index contributed by atoms with van der Waals surface area (Å²) in [6.45, 7) is 4.31. The second kappa shape index (κ2) is 13.7. The van der Waals surface area contributed by atoms with Gasteiger partial charge in [0.25, 0.3) is 5.69 Å². The first kappa shape index (κ1) is 34.5. The highest BCUT2D eigenvalue weighted by molar-refractivity contribution is 5.95. The van der Waals surface area contributed by atoms with Gasteiger partial charge in [-0.3, -0.25) is 10.1 Å². The van der Waals surface area contributed by atoms with Crippen LogP contribution in [0.2, 0.25) is 0 Å². The summed E-state index contributed by atoms with van der Waals surface area (Å²) in [4.78, 5) is 41.0. The van der Waals surface area contributed by atoms with E-state index in [0.29, 0.717) is 0 Å². The van der Waals surface area contributed by atoms with Gasteiger partial charge in [0.15, 0.2) is 0 Å². The number of anilines is 2. The lowest BCUT2D eigenvalue weighted by Gasteiger charge is -2.28. The SMILES string of the molecule is COc1ccc([N+](=O)[O-])c(CCCN(Cc2cc(F)ccc2Nc2cc(C(F)(F)F)c(F)cc2C(=O)O)C(=O)OC(C)(C)C)n1. The Morgan fingerprint density at radius 3 is 2.33 bits per heavy atom. The number of aromatic carboxylic acids is 1. The molecule has 2 N–H and O–H groups in total. The Labute approximate surface area is 253 Å². The van der Waals surface area contributed by atoms with Crippen molar-refractivity contribution in [2.75, 3.05) is 19.0 Å². The van der Waals surface area contributed by atoms with Gasteiger partial charge < -0.3 is 24.8 Å². The average Bonchev–Trinajstić information content (AvgIpc) is 2.92. The van der Waals surface area contributed by atoms with Crippen molar-refractivity contribution in [2.24, 2.45) is 0 Å². The van der Waals surface area contributed by atoms with Gasteiger partial charge in [0.2, 0.25) is 5.88 Å². The smallest absolute Gasteiger partial charge is 0.419 e. The number of hydrogen-bond acceptors (Lipinski definition) is 8. The number of rotatable bonds is 11. The molecule has 0 aliphatic carbocycles. The number of aromatic nitrogens is 1. The summed E-state index contributed by atoms with van der Waals surface area (Å²) in [6.07, 6.45) is -5.89. The van der Waals surface area contributed by atoms with Gasteiger partial charge in [-0.15, -0.1) is 0 Å². The molecule has 1 amide bonds. The van der Waals surface area contributed by atoms with Crippen molar-refractivity contribution in [3.8, 4) is 5.88 Å². The van der Waals surface area contributed by atoms with Gasteiger partial charge in [-0.05, 0) is 69.5 Å². The Kier molecular flexibility index (Phi) is 10.5. The van der Waals surface area contributed by atoms with Crippen molar-refractivity contribution >= 4 is 29.1 Å². The first-order valence-electron chi connectivity index (χ1n) is 13.2. The molecule has 0 aliphatic heterocycles. The molecule has 0 bridgehead atoms. The third-order valence-electron chi connectivity index (χ3n) is 6.16. The lowest BCUT2D eigenvalue weighted by atomic mass is 10.1. The van der Waals surface area contributed by atoms with Gasteiger partial charge in [0.1, 0.15) is 22.9 Å². The van der Waals surface area contributed by atoms with E-state index < -0.39 is 63.8 Å². The minimum atomic E-state index is -5.15. The van der Waals surface area contributed by atoms with Crippen molar-refractivity contribution in [3.63, 3.8) is 0 Å². The molecule has 1 aromatic heterocycles. The number of carbonyl (C=O) groups excluding carboxylic acids is 1. The van der Waals surface area contributed by atoms with E-state index in [1.54, 1.807) is 20.8 Å². The van der Waals surface area contributed by atoms with Crippen LogP contribution in [0.4, 0.5) is 43.8 Å². The fraction of sp³-hybridized carbons (Fsp3) is 0.345. The van der Waals surface area contributed by atoms with Crippen molar-refractivity contribution in [1.82, 2.24) is 9.88 Å². The van der Waals surface area contributed by atoms with Crippen LogP contribution in [0.3, 0.4) is 0 Å². The Bertz CT molecular complexity index is 1590. The van der Waals surface area contributed by atoms with Gasteiger partial charge in [-0.1, -0.05) is 0 Å². The summed E-state index contributed by atoms with van der Waals surface area (Å²) >= 11 is 0. The van der Waals surface area contributed by atoms with Gasteiger partial charge in [-0.25, -0.2) is 23.4 Å². The molecule has 0 saturated carbocycles. The number of nitrogens with zero attached hydrogens (tertiary/aromatic N) is 3. The first-order chi connectivity index (χ1) is 20.9. The largest absolute Gasteiger partial charge is 0.481 e. The maximum Gasteiger partial charge on any atom is 0.419 e. The van der Waals surface area contributed by atoms with E-state index in [2.05, 4.69) is 10.3 Å². The summed E-state index contributed by atoms with van der Waals surface area (Å²) in [7, 11) is 1.34. The third-order valence-corrected chi connectivity index (χ3v) is 6.16. The molecule has 0 radical (unpaired) electrons. The van der Waals surface area contributed by atoms with E-state index in [4.69, 9.17) is 9.47 Å². The average molecular weight is 641 g/mol. The highest BCUT2D eigenvalue weighted by Crippen LogP contribution is 2.36. The van der Waals surface area contributed by atoms with Crippen LogP contribution in [-0.2, 0) is 23.9 Å². The molecular weight excluding hydrogens is 611 g/mol. The van der Waals surface area contributed by atoms with E-state index in [1.165, 1.54) is 19.2 Å². The molecule has 0 aliphatic rings. The molecule has 16 heteroatoms. The number of carboxylic acid groups (broad SMARTS) is 1. The van der Waals surface area contributed by atoms with Gasteiger partial charge in [0.05, 0.1) is 35.4 Å². The Hall–Kier alpha value is -5.02. The summed E-state index contributed by atoms with van der Waals surface area (Å²) in [5.41, 5.74) is -4.44. The number of carboxylic acids is 1. The Morgan fingerprint density at radius 2 is 1.76 bits per heavy atom. The number of methoxy groups -OCH3 is 1. The molecule has 2 aromatic carbocycles. The molecule has 45 heavy (non-hydrogen) atoms. The summed E-state index contributed by atoms with van der Waals surface area (Å²) < 4.78 is 79.3. The quantitative estimate of drug-likeness (QED) is 0.127. The zero-order valence-electron chi connectivity index (χ0n) is 24.5. The number of carbonyl (C=O) groups is 2. The zero-order valence-corrected chi connectivity index (χ0v) is 24.5. The number of amides is 1. The molecule has 0 unspecified atom stereocenters. The van der Waals surface area contributed by atoms with Crippen LogP contribution >= 0.6 is 0 Å². The minimum absolute atomic E-state index is 0.000525. The summed E-state index contributed by atoms with van der Waals surface area (Å²) in [6, 6.07) is 6.09. The highest BCUT2D eigenvalue weighted by atomic mass is 19.4. The predicted octanol–water partition coefficient (Wildman–Crippen LogP) is 7.11. The molecule has 0 spiro atoms. The van der Waals surface area contributed by atoms with Crippen LogP contribution in [0, 0.1) is 21.7 Å². The number of nitrogens with one attached hydrogen (secondary N) is 1. The monoisotopic (exact) mass is 640 g/mol. The van der Waals surface area contributed by atoms with Crippen molar-refractivity contribution in [3.05, 3.63) is 86.6 Å². The topological polar surface area (TPSA) is 144 Å². The normalized spacial score (nSPS) is 11.6. The molecule has 0 atom stereocenters. The lowest BCUT2D eigenvalue weighted by molar-refractivity contribution is -0.386. The molecule has 1 heterocycles. The number of pyridine rings is 1. The van der Waals surface area contributed by atoms with E-state index >= 15 is 0 Å². The summed E-state index contributed by atoms with van der Waals surface area (Å²) in [5, 5.41) is 23.5. The van der Waals surface area contributed by atoms with Crippen molar-refractivity contribution in [2.45, 2.75) is 51.9 Å². The van der Waals surface area contributed by atoms with Crippen LogP contribution < -0.4 is 10.1 Å². The molecule has 0 fully saturated rings. The molecule has 242 valence electrons. The van der Waals surface area contributed by atoms with Crippen molar-refractivity contribution < 1.29 is 51.0 Å². The van der Waals surface area contributed by atoms with Crippen LogP contribution in [-0.4, -0.2) is 51.2 Å². The van der Waals surface area contributed by atoms with Crippen LogP contribution in [0.25, 0.3) is 0 Å². The van der Waals surface area contributed by atoms with E-state index in [1.807, 2.05) is 0 Å². The first-order valence-corrected chi connectivity index (χ1v) is 13.2. The van der Waals surface area contributed by atoms with Crippen LogP contribution in [0.1, 0.15) is 54.4 Å². The van der Waals surface area contributed by atoms with E-state index in [9.17, 15) is 46.8 Å². The molecular formula is C29H29F5N4O7. The van der Waals surface area contributed by atoms with E-state index in [-0.39, 0.29) is 60.0 Å². The fourth-order valence-corrected chi connectivity index (χ4v) is 4.17. The number of aryl methyl sites for hydroxylation is 1. The molecule has 3 rings (SSSR count). The Morgan fingerprint density at radius 1 is 1.07 bits per heavy atom. The number of nitro groups is 1. The summed E-state index contributed by atoms with van der Waals surface area (Å²) in [5.74, 6) is -4.19. The second-order valence-electron chi connectivity index (χ2n) is 10.7. The number of halogens is 5. The van der Waals surface area contributed by atoms with E-state index in [0.717, 1.165) is 23.1 Å². The molecule has 11 nitrogen and oxygen atoms in total. The zero-order chi connectivity index (χ0) is 33.7. The van der Waals surface area contributed by atoms with Crippen molar-refractivity contribution in [1.29, 1.82) is 0 Å². The molecule has 0 saturated heterocycles. The number of hydrogen-bond donors (Lipinski definition) is 2. The highest BCUT2D eigenvalue weighted by Gasteiger charge is 2.36. The lowest BCUT2D eigenvalue weighted by Crippen LogP contribution is -2.37. The number of ether oxygens (including phenoxy) is 2. The second-order valence-corrected chi connectivity index (χ2v) is 10.7. The maximum atomic E-state index is 14.4. The predicted molar refractivity (Wildman–Crippen MR) is 150 cm³/mol. The fourth-order valence-electron chi connectivity index (χ4n) is 4.17. The van der Waals surface area contributed by atoms with Gasteiger partial charge >= 0.3 is 18.2 Å². The standard InChI is InChI=1S/C29H29F5N4O7/c1-28(2,3)45-27(41)37(11-5-6-22-24(38(42)43)9-10-25(36-22)44-4)15-16-12-17(30)7-8-21(16)35-23-14-19(29(32,33)34)20(31)13-18(23)26(39)40/h7-10,12-14,35H,5-6,11,15H2,1-4H3,(H,39,40). The number of alkyl halides is 3. The maximum absolute atomic E-state index is 14.4. The van der Waals surface area contributed by atoms with Crippen LogP contribution in [0.5, 0.6) is 5.88 Å². The third kappa shape index (κ3) is 9.23. The minimum Gasteiger partial charge on any atom is -0.481 e. The van der Waals surface area contributed by atoms with Gasteiger partial charge in [0, 0.05) is 24.4 Å². The molecule has 3 aromatic rings. The van der Waals surface area contributed by atoms with Crippen LogP contribution in [0.15, 0.2) is 42.5 Å².